The number of carbonyl (C=O) groups is 3. The molecular weight excluding hydrogens is 866 g/mol. The van der Waals surface area contributed by atoms with Gasteiger partial charge < -0.3 is 46.7 Å². The fourth-order valence-electron chi connectivity index (χ4n) is 5.22. The van der Waals surface area contributed by atoms with Gasteiger partial charge in [0.2, 0.25) is 0 Å². The lowest BCUT2D eigenvalue weighted by atomic mass is 10.1. The molecule has 7 aromatic rings. The van der Waals surface area contributed by atoms with E-state index < -0.39 is 30.1 Å². The smallest absolute Gasteiger partial charge is 0.328 e. The Hall–Kier alpha value is -6.01. The van der Waals surface area contributed by atoms with Crippen LogP contribution in [0.1, 0.15) is 16.7 Å². The van der Waals surface area contributed by atoms with Gasteiger partial charge in [-0.3, -0.25) is 9.59 Å². The normalized spacial score (nSPS) is 11.7. The third-order valence-electron chi connectivity index (χ3n) is 8.33. The number of halogens is 2. The molecule has 61 heavy (non-hydrogen) atoms. The number of phenols is 3. The highest BCUT2D eigenvalue weighted by Crippen LogP contribution is 2.27. The summed E-state index contributed by atoms with van der Waals surface area (Å²) in [6.45, 7) is 0. The van der Waals surface area contributed by atoms with Gasteiger partial charge in [0.1, 0.15) is 35.4 Å². The van der Waals surface area contributed by atoms with Gasteiger partial charge in [0.25, 0.3) is 0 Å². The molecule has 18 heteroatoms. The molecule has 3 atom stereocenters. The van der Waals surface area contributed by atoms with Crippen molar-refractivity contribution in [3.63, 3.8) is 0 Å². The Morgan fingerprint density at radius 3 is 1.46 bits per heavy atom. The molecule has 0 spiro atoms. The summed E-state index contributed by atoms with van der Waals surface area (Å²) >= 11 is 8.69. The molecule has 0 aliphatic carbocycles. The number of hydrogen-bond acceptors (Lipinski definition) is 15. The number of fused-ring (bicyclic) bond motifs is 2. The molecule has 2 aromatic heterocycles. The van der Waals surface area contributed by atoms with Crippen molar-refractivity contribution in [2.75, 3.05) is 19.5 Å². The number of nitrogens with one attached hydrogen (secondary N) is 1. The van der Waals surface area contributed by atoms with E-state index >= 15 is 0 Å². The van der Waals surface area contributed by atoms with Gasteiger partial charge in [-0.1, -0.05) is 83.6 Å². The maximum atomic E-state index is 12.0. The monoisotopic (exact) mass is 909 g/mol. The summed E-state index contributed by atoms with van der Waals surface area (Å²) in [5, 5.41) is 39.7. The molecule has 5 aromatic carbocycles. The number of para-hydroxylation sites is 2. The van der Waals surface area contributed by atoms with E-state index in [-0.39, 0.29) is 42.0 Å². The number of esters is 2. The molecular formula is C43H45Cl2N5O9S2. The van der Waals surface area contributed by atoms with Crippen LogP contribution in [0.25, 0.3) is 20.4 Å². The summed E-state index contributed by atoms with van der Waals surface area (Å²) in [5.41, 5.74) is 15.4. The van der Waals surface area contributed by atoms with E-state index in [0.717, 1.165) is 37.1 Å². The highest BCUT2D eigenvalue weighted by Gasteiger charge is 2.21. The van der Waals surface area contributed by atoms with Crippen LogP contribution >= 0.6 is 46.7 Å². The van der Waals surface area contributed by atoms with Crippen molar-refractivity contribution in [2.24, 2.45) is 11.5 Å². The van der Waals surface area contributed by atoms with Crippen molar-refractivity contribution < 1.29 is 44.3 Å². The van der Waals surface area contributed by atoms with Crippen molar-refractivity contribution in [2.45, 2.75) is 37.4 Å². The maximum Gasteiger partial charge on any atom is 0.328 e. The van der Waals surface area contributed by atoms with Gasteiger partial charge in [0.15, 0.2) is 9.60 Å². The van der Waals surface area contributed by atoms with E-state index in [9.17, 15) is 19.5 Å². The van der Waals surface area contributed by atoms with Crippen LogP contribution in [0.3, 0.4) is 0 Å². The van der Waals surface area contributed by atoms with Gasteiger partial charge in [0.05, 0.1) is 34.7 Å². The Kier molecular flexibility index (Phi) is 20.2. The number of carboxylic acids is 1. The molecule has 0 saturated heterocycles. The average Bonchev–Trinajstić information content (AvgIpc) is 3.85. The molecule has 0 saturated carbocycles. The van der Waals surface area contributed by atoms with Gasteiger partial charge in [0, 0.05) is 6.42 Å². The standard InChI is InChI=1S/C17H16N2O3S.C10H13NO3.C9H11NO3.C7H4ClNS.ClH/c1-22-16(21)14(10-11-6-8-12(20)9-7-11)19-17-18-13-4-2-3-5-15(13)23-17;1-14-10(13)9(11)6-7-2-4-8(12)5-3-7;10-8(9(12)13)5-6-1-3-7(11)4-2-6;8-7-9-5-3-1-2-4-6(5)10-7;/h2-9,14,20H,10H2,1H3,(H,18,19);2-5,9,12H,6,11H2,1H3;1-4,8,11H,5,10H2,(H,12,13);1-4H;1H/t14-;9-;8-;;/m000../s1. The second kappa shape index (κ2) is 24.9. The lowest BCUT2D eigenvalue weighted by molar-refractivity contribution is -0.142. The van der Waals surface area contributed by atoms with E-state index in [4.69, 9.17) is 43.1 Å². The number of carbonyl (C=O) groups excluding carboxylic acids is 2. The number of aliphatic carboxylic acids is 1. The largest absolute Gasteiger partial charge is 0.508 e. The quantitative estimate of drug-likeness (QED) is 0.0628. The number of aromatic nitrogens is 2. The first-order valence-electron chi connectivity index (χ1n) is 18.1. The van der Waals surface area contributed by atoms with Gasteiger partial charge in [-0.05, 0) is 90.2 Å². The molecule has 7 rings (SSSR count). The van der Waals surface area contributed by atoms with Crippen molar-refractivity contribution in [1.82, 2.24) is 9.97 Å². The summed E-state index contributed by atoms with van der Waals surface area (Å²) in [5.74, 6) is -1.25. The van der Waals surface area contributed by atoms with E-state index in [2.05, 4.69) is 20.0 Å². The predicted molar refractivity (Wildman–Crippen MR) is 242 cm³/mol. The van der Waals surface area contributed by atoms with Crippen molar-refractivity contribution in [1.29, 1.82) is 0 Å². The zero-order valence-corrected chi connectivity index (χ0v) is 36.1. The van der Waals surface area contributed by atoms with Crippen LogP contribution in [0.5, 0.6) is 17.2 Å². The zero-order valence-electron chi connectivity index (χ0n) is 32.9. The minimum Gasteiger partial charge on any atom is -0.508 e. The van der Waals surface area contributed by atoms with E-state index in [1.165, 1.54) is 49.0 Å². The van der Waals surface area contributed by atoms with Crippen LogP contribution in [0.15, 0.2) is 121 Å². The molecule has 9 N–H and O–H groups in total. The van der Waals surface area contributed by atoms with Crippen molar-refractivity contribution in [3.05, 3.63) is 142 Å². The Bertz CT molecular complexity index is 2370. The molecule has 0 radical (unpaired) electrons. The first-order chi connectivity index (χ1) is 28.7. The Balaban J connectivity index is 0.000000227. The number of aromatic hydroxyl groups is 3. The molecule has 322 valence electrons. The maximum absolute atomic E-state index is 12.0. The van der Waals surface area contributed by atoms with Gasteiger partial charge in [-0.25, -0.2) is 14.8 Å². The molecule has 0 unspecified atom stereocenters. The fourth-order valence-corrected chi connectivity index (χ4v) is 7.17. The number of nitrogens with two attached hydrogens (primary N) is 2. The zero-order chi connectivity index (χ0) is 43.6. The van der Waals surface area contributed by atoms with Crippen LogP contribution in [-0.4, -0.2) is 80.6 Å². The topological polar surface area (TPSA) is 240 Å². The minimum absolute atomic E-state index is 0. The van der Waals surface area contributed by atoms with Crippen LogP contribution in [0, 0.1) is 0 Å². The number of phenolic OH excluding ortho intramolecular Hbond substituents is 3. The van der Waals surface area contributed by atoms with Crippen LogP contribution < -0.4 is 16.8 Å². The number of benzene rings is 5. The summed E-state index contributed by atoms with van der Waals surface area (Å²) < 4.78 is 12.2. The number of ether oxygens (including phenoxy) is 2. The lowest BCUT2D eigenvalue weighted by Gasteiger charge is -2.15. The molecule has 0 fully saturated rings. The summed E-state index contributed by atoms with van der Waals surface area (Å²) in [7, 11) is 2.67. The van der Waals surface area contributed by atoms with Gasteiger partial charge in [-0.2, -0.15) is 0 Å². The van der Waals surface area contributed by atoms with E-state index in [1.54, 1.807) is 60.7 Å². The fraction of sp³-hybridized carbons (Fsp3) is 0.186. The Labute approximate surface area is 370 Å². The van der Waals surface area contributed by atoms with Crippen molar-refractivity contribution in [3.8, 4) is 17.2 Å². The molecule has 0 aliphatic rings. The van der Waals surface area contributed by atoms with E-state index in [1.807, 2.05) is 48.5 Å². The van der Waals surface area contributed by atoms with Crippen LogP contribution in [0.2, 0.25) is 4.47 Å². The Morgan fingerprint density at radius 1 is 0.623 bits per heavy atom. The highest BCUT2D eigenvalue weighted by molar-refractivity contribution is 7.22. The van der Waals surface area contributed by atoms with E-state index in [0.29, 0.717) is 22.4 Å². The third kappa shape index (κ3) is 16.5. The first-order valence-corrected chi connectivity index (χ1v) is 20.1. The number of thiazole rings is 2. The number of nitrogens with zero attached hydrogens (tertiary/aromatic N) is 2. The van der Waals surface area contributed by atoms with Gasteiger partial charge >= 0.3 is 17.9 Å². The minimum atomic E-state index is -1.02. The number of rotatable bonds is 11. The van der Waals surface area contributed by atoms with Crippen molar-refractivity contribution >= 4 is 90.2 Å². The molecule has 0 amide bonds. The number of hydrogen-bond donors (Lipinski definition) is 7. The second-order valence-corrected chi connectivity index (χ2v) is 15.5. The summed E-state index contributed by atoms with van der Waals surface area (Å²) in [6.07, 6.45) is 1.13. The first kappa shape index (κ1) is 49.4. The van der Waals surface area contributed by atoms with Crippen LogP contribution in [-0.2, 0) is 43.1 Å². The third-order valence-corrected chi connectivity index (χ3v) is 10.4. The average molecular weight is 911 g/mol. The predicted octanol–water partition coefficient (Wildman–Crippen LogP) is 7.35. The molecule has 0 aliphatic heterocycles. The SMILES string of the molecule is COC(=O)[C@@H](N)Cc1ccc(O)cc1.COC(=O)[C@H](Cc1ccc(O)cc1)Nc1nc2ccccc2s1.Cl.Clc1nc2ccccc2s1.N[C@@H](Cc1ccc(O)cc1)C(=O)O. The number of anilines is 1. The Morgan fingerprint density at radius 2 is 1.03 bits per heavy atom. The summed E-state index contributed by atoms with van der Waals surface area (Å²) in [4.78, 5) is 42.0. The van der Waals surface area contributed by atoms with Crippen LogP contribution in [0.4, 0.5) is 5.13 Å². The second-order valence-electron chi connectivity index (χ2n) is 12.8. The van der Waals surface area contributed by atoms with Gasteiger partial charge in [-0.15, -0.1) is 23.7 Å². The summed E-state index contributed by atoms with van der Waals surface area (Å²) in [6, 6.07) is 33.3. The number of carboxylic acid groups (broad SMARTS) is 1. The number of methoxy groups -OCH3 is 2. The molecule has 14 nitrogen and oxygen atoms in total. The molecule has 0 bridgehead atoms. The molecule has 2 heterocycles. The highest BCUT2D eigenvalue weighted by atomic mass is 35.5. The lowest BCUT2D eigenvalue weighted by Crippen LogP contribution is -2.33.